The Morgan fingerprint density at radius 2 is 1.92 bits per heavy atom. The van der Waals surface area contributed by atoms with Crippen LogP contribution in [0.1, 0.15) is 6.92 Å². The lowest BCUT2D eigenvalue weighted by atomic mass is 10.1. The van der Waals surface area contributed by atoms with E-state index in [0.29, 0.717) is 22.2 Å². The number of anilines is 3. The first kappa shape index (κ1) is 16.9. The van der Waals surface area contributed by atoms with Crippen LogP contribution in [0, 0.1) is 0 Å². The zero-order valence-electron chi connectivity index (χ0n) is 13.8. The molecular weight excluding hydrogens is 340 g/mol. The summed E-state index contributed by atoms with van der Waals surface area (Å²) in [7, 11) is 1.63. The van der Waals surface area contributed by atoms with Crippen LogP contribution in [-0.4, -0.2) is 23.2 Å². The largest absolute Gasteiger partial charge is 0.497 e. The molecule has 0 aliphatic carbocycles. The van der Waals surface area contributed by atoms with Gasteiger partial charge in [0.1, 0.15) is 5.75 Å². The predicted octanol–water partition coefficient (Wildman–Crippen LogP) is 4.44. The second kappa shape index (κ2) is 7.27. The summed E-state index contributed by atoms with van der Waals surface area (Å²) in [6.45, 7) is 1.45. The van der Waals surface area contributed by atoms with Gasteiger partial charge in [-0.15, -0.1) is 0 Å². The number of aromatic nitrogens is 2. The van der Waals surface area contributed by atoms with E-state index in [2.05, 4.69) is 20.8 Å². The molecule has 0 saturated heterocycles. The van der Waals surface area contributed by atoms with Gasteiger partial charge >= 0.3 is 0 Å². The molecule has 0 spiro atoms. The summed E-state index contributed by atoms with van der Waals surface area (Å²) in [5.74, 6) is 1.29. The lowest BCUT2D eigenvalue weighted by Crippen LogP contribution is -2.05. The maximum atomic E-state index is 11.1. The maximum absolute atomic E-state index is 11.1. The van der Waals surface area contributed by atoms with Gasteiger partial charge in [-0.1, -0.05) is 11.6 Å². The number of amides is 1. The van der Waals surface area contributed by atoms with Crippen molar-refractivity contribution in [3.8, 4) is 17.0 Å². The van der Waals surface area contributed by atoms with E-state index in [1.165, 1.54) is 6.92 Å². The lowest BCUT2D eigenvalue weighted by Gasteiger charge is -2.08. The molecule has 1 amide bonds. The van der Waals surface area contributed by atoms with Gasteiger partial charge in [-0.25, -0.2) is 0 Å². The molecule has 0 unspecified atom stereocenters. The highest BCUT2D eigenvalue weighted by atomic mass is 35.5. The number of H-pyrrole nitrogens is 1. The van der Waals surface area contributed by atoms with Gasteiger partial charge in [0.05, 0.1) is 23.5 Å². The number of hydrogen-bond acceptors (Lipinski definition) is 4. The van der Waals surface area contributed by atoms with Crippen molar-refractivity contribution in [2.24, 2.45) is 0 Å². The fourth-order valence-corrected chi connectivity index (χ4v) is 2.57. The molecule has 0 aliphatic rings. The van der Waals surface area contributed by atoms with Gasteiger partial charge in [0.2, 0.25) is 5.91 Å². The van der Waals surface area contributed by atoms with Crippen LogP contribution in [-0.2, 0) is 4.79 Å². The maximum Gasteiger partial charge on any atom is 0.221 e. The molecule has 6 nitrogen and oxygen atoms in total. The van der Waals surface area contributed by atoms with Crippen LogP contribution in [0.5, 0.6) is 5.75 Å². The molecule has 0 radical (unpaired) electrons. The van der Waals surface area contributed by atoms with Gasteiger partial charge in [-0.3, -0.25) is 9.89 Å². The molecular formula is C18H17ClN4O2. The number of aromatic amines is 1. The Labute approximate surface area is 150 Å². The van der Waals surface area contributed by atoms with Crippen molar-refractivity contribution in [1.82, 2.24) is 10.2 Å². The van der Waals surface area contributed by atoms with Crippen molar-refractivity contribution >= 4 is 34.7 Å². The second-order valence-corrected chi connectivity index (χ2v) is 5.80. The molecule has 128 valence electrons. The number of ether oxygens (including phenoxy) is 1. The third-order valence-corrected chi connectivity index (χ3v) is 3.84. The predicted molar refractivity (Wildman–Crippen MR) is 99.6 cm³/mol. The van der Waals surface area contributed by atoms with Crippen molar-refractivity contribution in [2.75, 3.05) is 17.7 Å². The Morgan fingerprint density at radius 1 is 1.16 bits per heavy atom. The summed E-state index contributed by atoms with van der Waals surface area (Å²) < 4.78 is 5.16. The van der Waals surface area contributed by atoms with Gasteiger partial charge in [-0.2, -0.15) is 5.10 Å². The summed E-state index contributed by atoms with van der Waals surface area (Å²) in [6.07, 6.45) is 0. The fraction of sp³-hybridized carbons (Fsp3) is 0.111. The number of nitrogens with zero attached hydrogens (tertiary/aromatic N) is 1. The van der Waals surface area contributed by atoms with Crippen molar-refractivity contribution < 1.29 is 9.53 Å². The van der Waals surface area contributed by atoms with Crippen LogP contribution in [0.25, 0.3) is 11.3 Å². The number of hydrogen-bond donors (Lipinski definition) is 3. The number of nitrogens with one attached hydrogen (secondary N) is 3. The number of methoxy groups -OCH3 is 1. The first-order valence-corrected chi connectivity index (χ1v) is 7.97. The number of carbonyl (C=O) groups excluding carboxylic acids is 1. The van der Waals surface area contributed by atoms with Crippen LogP contribution in [0.4, 0.5) is 17.2 Å². The van der Waals surface area contributed by atoms with E-state index >= 15 is 0 Å². The average molecular weight is 357 g/mol. The van der Waals surface area contributed by atoms with Crippen LogP contribution >= 0.6 is 11.6 Å². The Morgan fingerprint density at radius 3 is 2.56 bits per heavy atom. The quantitative estimate of drug-likeness (QED) is 0.631. The highest BCUT2D eigenvalue weighted by Gasteiger charge is 2.07. The molecule has 2 aromatic carbocycles. The molecule has 7 heteroatoms. The molecule has 0 fully saturated rings. The van der Waals surface area contributed by atoms with Crippen molar-refractivity contribution in [1.29, 1.82) is 0 Å². The zero-order chi connectivity index (χ0) is 17.8. The van der Waals surface area contributed by atoms with Gasteiger partial charge in [0.25, 0.3) is 0 Å². The average Bonchev–Trinajstić information content (AvgIpc) is 3.05. The van der Waals surface area contributed by atoms with Crippen molar-refractivity contribution in [3.05, 3.63) is 53.6 Å². The van der Waals surface area contributed by atoms with Gasteiger partial charge in [0.15, 0.2) is 5.82 Å². The van der Waals surface area contributed by atoms with E-state index in [9.17, 15) is 4.79 Å². The van der Waals surface area contributed by atoms with E-state index in [-0.39, 0.29) is 5.91 Å². The summed E-state index contributed by atoms with van der Waals surface area (Å²) in [4.78, 5) is 11.1. The molecule has 3 N–H and O–H groups in total. The molecule has 0 bridgehead atoms. The van der Waals surface area contributed by atoms with Gasteiger partial charge in [0, 0.05) is 18.7 Å². The number of rotatable bonds is 5. The normalized spacial score (nSPS) is 10.4. The Bertz CT molecular complexity index is 890. The standard InChI is InChI=1S/C18H17ClN4O2/c1-11(24)20-13-5-8-16(15(19)9-13)21-18-10-17(22-23-18)12-3-6-14(25-2)7-4-12/h3-10H,1-2H3,(H,20,24)(H2,21,22,23). The van der Waals surface area contributed by atoms with Crippen LogP contribution < -0.4 is 15.4 Å². The third kappa shape index (κ3) is 4.10. The molecule has 1 aromatic heterocycles. The van der Waals surface area contributed by atoms with E-state index in [0.717, 1.165) is 17.0 Å². The summed E-state index contributed by atoms with van der Waals surface area (Å²) in [5, 5.41) is 13.6. The Balaban J connectivity index is 1.75. The third-order valence-electron chi connectivity index (χ3n) is 3.53. The number of carbonyl (C=O) groups is 1. The highest BCUT2D eigenvalue weighted by Crippen LogP contribution is 2.29. The molecule has 0 aliphatic heterocycles. The van der Waals surface area contributed by atoms with E-state index in [1.807, 2.05) is 30.3 Å². The zero-order valence-corrected chi connectivity index (χ0v) is 14.5. The Kier molecular flexibility index (Phi) is 4.90. The van der Waals surface area contributed by atoms with Crippen LogP contribution in [0.3, 0.4) is 0 Å². The van der Waals surface area contributed by atoms with E-state index < -0.39 is 0 Å². The molecule has 3 rings (SSSR count). The highest BCUT2D eigenvalue weighted by molar-refractivity contribution is 6.33. The molecule has 0 atom stereocenters. The fourth-order valence-electron chi connectivity index (χ4n) is 2.34. The van der Waals surface area contributed by atoms with E-state index in [1.54, 1.807) is 25.3 Å². The topological polar surface area (TPSA) is 79.0 Å². The molecule has 1 heterocycles. The molecule has 3 aromatic rings. The monoisotopic (exact) mass is 356 g/mol. The van der Waals surface area contributed by atoms with Crippen LogP contribution in [0.2, 0.25) is 5.02 Å². The Hall–Kier alpha value is -2.99. The van der Waals surface area contributed by atoms with Crippen molar-refractivity contribution in [2.45, 2.75) is 6.92 Å². The van der Waals surface area contributed by atoms with Crippen LogP contribution in [0.15, 0.2) is 48.5 Å². The summed E-state index contributed by atoms with van der Waals surface area (Å²) in [5.41, 5.74) is 3.21. The minimum Gasteiger partial charge on any atom is -0.497 e. The lowest BCUT2D eigenvalue weighted by molar-refractivity contribution is -0.114. The summed E-state index contributed by atoms with van der Waals surface area (Å²) in [6, 6.07) is 14.8. The van der Waals surface area contributed by atoms with Crippen molar-refractivity contribution in [3.63, 3.8) is 0 Å². The first-order chi connectivity index (χ1) is 12.0. The second-order valence-electron chi connectivity index (χ2n) is 5.40. The SMILES string of the molecule is COc1ccc(-c2cc(Nc3ccc(NC(C)=O)cc3Cl)n[nH]2)cc1. The minimum absolute atomic E-state index is 0.145. The number of benzene rings is 2. The summed E-state index contributed by atoms with van der Waals surface area (Å²) >= 11 is 6.25. The molecule has 0 saturated carbocycles. The van der Waals surface area contributed by atoms with Gasteiger partial charge in [-0.05, 0) is 48.0 Å². The minimum atomic E-state index is -0.145. The smallest absolute Gasteiger partial charge is 0.221 e. The first-order valence-electron chi connectivity index (χ1n) is 7.59. The number of halogens is 1. The van der Waals surface area contributed by atoms with E-state index in [4.69, 9.17) is 16.3 Å². The van der Waals surface area contributed by atoms with Gasteiger partial charge < -0.3 is 15.4 Å². The molecule has 25 heavy (non-hydrogen) atoms.